The molecule has 1 aromatic rings. The van der Waals surface area contributed by atoms with Gasteiger partial charge in [-0.3, -0.25) is 4.79 Å². The Morgan fingerprint density at radius 3 is 2.80 bits per heavy atom. The zero-order valence-corrected chi connectivity index (χ0v) is 12.4. The molecule has 1 saturated heterocycles. The molecule has 0 unspecified atom stereocenters. The predicted octanol–water partition coefficient (Wildman–Crippen LogP) is 0.210. The molecule has 0 aromatic carbocycles. The van der Waals surface area contributed by atoms with Crippen molar-refractivity contribution in [2.24, 2.45) is 0 Å². The van der Waals surface area contributed by atoms with Crippen molar-refractivity contribution in [3.8, 4) is 0 Å². The summed E-state index contributed by atoms with van der Waals surface area (Å²) in [6, 6.07) is 0.293. The second-order valence-corrected chi connectivity index (χ2v) is 7.48. The fraction of sp³-hybridized carbons (Fsp3) is 0.750. The van der Waals surface area contributed by atoms with E-state index in [1.807, 2.05) is 0 Å². The Labute approximate surface area is 118 Å². The van der Waals surface area contributed by atoms with Crippen LogP contribution in [-0.2, 0) is 9.84 Å². The summed E-state index contributed by atoms with van der Waals surface area (Å²) in [6.45, 7) is 1.89. The van der Waals surface area contributed by atoms with Gasteiger partial charge in [0.05, 0.1) is 18.0 Å². The van der Waals surface area contributed by atoms with E-state index in [9.17, 15) is 13.2 Å². The molecule has 112 valence electrons. The van der Waals surface area contributed by atoms with Crippen LogP contribution in [0.5, 0.6) is 0 Å². The van der Waals surface area contributed by atoms with Crippen molar-refractivity contribution < 1.29 is 13.2 Å². The lowest BCUT2D eigenvalue weighted by Gasteiger charge is -2.22. The Hall–Kier alpha value is -1.28. The maximum Gasteiger partial charge on any atom is 0.184 e. The van der Waals surface area contributed by atoms with Gasteiger partial charge >= 0.3 is 0 Å². The first-order chi connectivity index (χ1) is 9.46. The molecule has 20 heavy (non-hydrogen) atoms. The zero-order chi connectivity index (χ0) is 14.6. The van der Waals surface area contributed by atoms with Crippen LogP contribution in [0, 0.1) is 0 Å². The molecular formula is C12H20N4O3S. The number of carbonyl (C=O) groups excluding carboxylic acids is 1. The summed E-state index contributed by atoms with van der Waals surface area (Å²) in [5, 5.41) is 11.2. The van der Waals surface area contributed by atoms with Crippen molar-refractivity contribution in [3.63, 3.8) is 0 Å². The van der Waals surface area contributed by atoms with E-state index in [0.717, 1.165) is 25.9 Å². The Kier molecular flexibility index (Phi) is 4.87. The number of sulfone groups is 1. The van der Waals surface area contributed by atoms with Gasteiger partial charge in [0.1, 0.15) is 15.5 Å². The summed E-state index contributed by atoms with van der Waals surface area (Å²) in [5.74, 6) is -0.116. The molecule has 1 fully saturated rings. The summed E-state index contributed by atoms with van der Waals surface area (Å²) < 4.78 is 23.8. The van der Waals surface area contributed by atoms with Crippen molar-refractivity contribution >= 4 is 15.6 Å². The minimum atomic E-state index is -3.01. The highest BCUT2D eigenvalue weighted by Gasteiger charge is 2.18. The zero-order valence-electron chi connectivity index (χ0n) is 11.6. The van der Waals surface area contributed by atoms with E-state index < -0.39 is 9.84 Å². The Morgan fingerprint density at radius 1 is 1.45 bits per heavy atom. The second kappa shape index (κ2) is 6.45. The van der Waals surface area contributed by atoms with Gasteiger partial charge in [0.2, 0.25) is 0 Å². The van der Waals surface area contributed by atoms with Gasteiger partial charge in [-0.05, 0) is 32.4 Å². The van der Waals surface area contributed by atoms with E-state index in [2.05, 4.69) is 15.6 Å². The molecule has 2 heterocycles. The van der Waals surface area contributed by atoms with Crippen molar-refractivity contribution in [2.75, 3.05) is 25.1 Å². The second-order valence-electron chi connectivity index (χ2n) is 5.22. The van der Waals surface area contributed by atoms with Gasteiger partial charge in [-0.25, -0.2) is 13.1 Å². The summed E-state index contributed by atoms with van der Waals surface area (Å²) in [5.41, 5.74) is 0.331. The molecule has 1 aromatic heterocycles. The highest BCUT2D eigenvalue weighted by Crippen LogP contribution is 2.17. The minimum Gasteiger partial charge on any atom is -0.317 e. The molecule has 0 atom stereocenters. The number of Topliss-reactive ketones (excluding diaryl/α,β-unsaturated/α-hetero) is 1. The van der Waals surface area contributed by atoms with Crippen LogP contribution in [0.2, 0.25) is 0 Å². The van der Waals surface area contributed by atoms with E-state index in [1.165, 1.54) is 6.26 Å². The van der Waals surface area contributed by atoms with Crippen LogP contribution in [0.4, 0.5) is 0 Å². The SMILES string of the molecule is CS(=O)(=O)CCCC(=O)c1cn(C2CCNCC2)nn1. The molecule has 0 aliphatic carbocycles. The Morgan fingerprint density at radius 2 is 2.15 bits per heavy atom. The van der Waals surface area contributed by atoms with Crippen LogP contribution < -0.4 is 5.32 Å². The highest BCUT2D eigenvalue weighted by atomic mass is 32.2. The van der Waals surface area contributed by atoms with Crippen molar-refractivity contribution in [1.29, 1.82) is 0 Å². The molecule has 1 N–H and O–H groups in total. The number of ketones is 1. The van der Waals surface area contributed by atoms with Crippen molar-refractivity contribution in [1.82, 2.24) is 20.3 Å². The third-order valence-corrected chi connectivity index (χ3v) is 4.43. The molecule has 1 aliphatic heterocycles. The van der Waals surface area contributed by atoms with Gasteiger partial charge < -0.3 is 5.32 Å². The fourth-order valence-electron chi connectivity index (χ4n) is 2.28. The lowest BCUT2D eigenvalue weighted by molar-refractivity contribution is 0.0977. The van der Waals surface area contributed by atoms with Crippen molar-refractivity contribution in [2.45, 2.75) is 31.7 Å². The quantitative estimate of drug-likeness (QED) is 0.755. The summed E-state index contributed by atoms with van der Waals surface area (Å²) >= 11 is 0. The lowest BCUT2D eigenvalue weighted by atomic mass is 10.1. The Bertz CT molecular complexity index is 561. The molecule has 1 aliphatic rings. The maximum absolute atomic E-state index is 11.9. The monoisotopic (exact) mass is 300 g/mol. The number of aromatic nitrogens is 3. The summed E-state index contributed by atoms with van der Waals surface area (Å²) in [4.78, 5) is 11.9. The molecule has 0 spiro atoms. The number of hydrogen-bond acceptors (Lipinski definition) is 6. The first-order valence-electron chi connectivity index (χ1n) is 6.79. The molecule has 0 radical (unpaired) electrons. The van der Waals surface area contributed by atoms with Crippen LogP contribution in [0.3, 0.4) is 0 Å². The average molecular weight is 300 g/mol. The van der Waals surface area contributed by atoms with E-state index in [-0.39, 0.29) is 18.0 Å². The van der Waals surface area contributed by atoms with Gasteiger partial charge in [-0.2, -0.15) is 0 Å². The number of carbonyl (C=O) groups is 1. The number of rotatable bonds is 6. The molecular weight excluding hydrogens is 280 g/mol. The van der Waals surface area contributed by atoms with Gasteiger partial charge in [0.15, 0.2) is 5.78 Å². The Balaban J connectivity index is 1.89. The van der Waals surface area contributed by atoms with Gasteiger partial charge in [0.25, 0.3) is 0 Å². The average Bonchev–Trinajstić information content (AvgIpc) is 2.88. The third kappa shape index (κ3) is 4.38. The van der Waals surface area contributed by atoms with Crippen LogP contribution in [0.25, 0.3) is 0 Å². The van der Waals surface area contributed by atoms with Gasteiger partial charge in [-0.15, -0.1) is 5.10 Å². The smallest absolute Gasteiger partial charge is 0.184 e. The first kappa shape index (κ1) is 15.1. The molecule has 0 amide bonds. The standard InChI is InChI=1S/C12H20N4O3S/c1-20(18,19)8-2-3-12(17)11-9-16(15-14-11)10-4-6-13-7-5-10/h9-10,13H,2-8H2,1H3. The number of hydrogen-bond donors (Lipinski definition) is 1. The van der Waals surface area contributed by atoms with E-state index in [1.54, 1.807) is 10.9 Å². The van der Waals surface area contributed by atoms with Crippen LogP contribution in [0.15, 0.2) is 6.20 Å². The third-order valence-electron chi connectivity index (χ3n) is 3.40. The molecule has 0 bridgehead atoms. The van der Waals surface area contributed by atoms with Crippen molar-refractivity contribution in [3.05, 3.63) is 11.9 Å². The normalized spacial score (nSPS) is 17.2. The van der Waals surface area contributed by atoms with E-state index >= 15 is 0 Å². The molecule has 8 heteroatoms. The number of nitrogens with one attached hydrogen (secondary N) is 1. The molecule has 0 saturated carbocycles. The molecule has 7 nitrogen and oxygen atoms in total. The minimum absolute atomic E-state index is 0.0289. The summed E-state index contributed by atoms with van der Waals surface area (Å²) in [7, 11) is -3.01. The number of piperidine rings is 1. The van der Waals surface area contributed by atoms with Crippen LogP contribution in [-0.4, -0.2) is 54.3 Å². The van der Waals surface area contributed by atoms with E-state index in [4.69, 9.17) is 0 Å². The maximum atomic E-state index is 11.9. The van der Waals surface area contributed by atoms with Gasteiger partial charge in [-0.1, -0.05) is 5.21 Å². The summed E-state index contributed by atoms with van der Waals surface area (Å²) in [6.07, 6.45) is 5.33. The number of nitrogens with zero attached hydrogens (tertiary/aromatic N) is 3. The highest BCUT2D eigenvalue weighted by molar-refractivity contribution is 7.90. The lowest BCUT2D eigenvalue weighted by Crippen LogP contribution is -2.29. The largest absolute Gasteiger partial charge is 0.317 e. The van der Waals surface area contributed by atoms with E-state index in [0.29, 0.717) is 18.2 Å². The van der Waals surface area contributed by atoms with Gasteiger partial charge in [0, 0.05) is 12.7 Å². The fourth-order valence-corrected chi connectivity index (χ4v) is 2.95. The topological polar surface area (TPSA) is 94.0 Å². The van der Waals surface area contributed by atoms with Crippen LogP contribution in [0.1, 0.15) is 42.2 Å². The van der Waals surface area contributed by atoms with Crippen LogP contribution >= 0.6 is 0 Å². The predicted molar refractivity (Wildman–Crippen MR) is 74.4 cm³/mol. The first-order valence-corrected chi connectivity index (χ1v) is 8.85. The molecule has 2 rings (SSSR count).